The first-order valence-electron chi connectivity index (χ1n) is 2.98. The number of halogens is 3. The van der Waals surface area contributed by atoms with Crippen LogP contribution in [0.1, 0.15) is 5.56 Å². The maximum Gasteiger partial charge on any atom is 0.103 e. The summed E-state index contributed by atoms with van der Waals surface area (Å²) in [5.41, 5.74) is 4.63. The molecule has 0 amide bonds. The molecule has 1 nitrogen and oxygen atoms in total. The Bertz CT molecular complexity index is 217. The van der Waals surface area contributed by atoms with Crippen LogP contribution in [-0.4, -0.2) is 0 Å². The summed E-state index contributed by atoms with van der Waals surface area (Å²) in [6, 6.07) is 5.45. The van der Waals surface area contributed by atoms with Gasteiger partial charge in [-0.05, 0) is 12.1 Å². The van der Waals surface area contributed by atoms with E-state index in [0.717, 1.165) is 5.56 Å². The molecule has 0 unspecified atom stereocenters. The van der Waals surface area contributed by atoms with E-state index in [1.165, 1.54) is 0 Å². The van der Waals surface area contributed by atoms with E-state index in [4.69, 9.17) is 23.2 Å². The van der Waals surface area contributed by atoms with Crippen LogP contribution in [0.15, 0.2) is 18.2 Å². The van der Waals surface area contributed by atoms with Crippen molar-refractivity contribution in [3.63, 3.8) is 0 Å². The minimum Gasteiger partial charge on any atom is -1.00 e. The SMILES string of the molecule is [Cl-].[NH3+]Cc1c(Cl)cccc1Cl. The Kier molecular flexibility index (Phi) is 4.86. The molecule has 0 atom stereocenters. The number of hydrogen-bond donors (Lipinski definition) is 1. The van der Waals surface area contributed by atoms with Gasteiger partial charge in [0.25, 0.3) is 0 Å². The van der Waals surface area contributed by atoms with Crippen molar-refractivity contribution in [2.24, 2.45) is 0 Å². The molecule has 0 fully saturated rings. The van der Waals surface area contributed by atoms with Crippen LogP contribution in [0, 0.1) is 0 Å². The molecule has 0 heterocycles. The van der Waals surface area contributed by atoms with Crippen LogP contribution in [0.5, 0.6) is 0 Å². The molecule has 0 saturated heterocycles. The number of benzene rings is 1. The minimum atomic E-state index is 0. The molecule has 0 radical (unpaired) electrons. The van der Waals surface area contributed by atoms with E-state index in [1.807, 2.05) is 18.2 Å². The van der Waals surface area contributed by atoms with Crippen LogP contribution in [-0.2, 0) is 6.54 Å². The molecule has 1 aromatic carbocycles. The second-order valence-electron chi connectivity index (χ2n) is 1.95. The third kappa shape index (κ3) is 2.53. The maximum atomic E-state index is 5.81. The van der Waals surface area contributed by atoms with Crippen LogP contribution in [0.4, 0.5) is 0 Å². The van der Waals surface area contributed by atoms with Gasteiger partial charge in [-0.25, -0.2) is 0 Å². The van der Waals surface area contributed by atoms with E-state index in [1.54, 1.807) is 0 Å². The lowest BCUT2D eigenvalue weighted by Gasteiger charge is -1.99. The van der Waals surface area contributed by atoms with Crippen molar-refractivity contribution in [2.75, 3.05) is 0 Å². The second-order valence-corrected chi connectivity index (χ2v) is 2.76. The lowest BCUT2D eigenvalue weighted by molar-refractivity contribution is -0.386. The molecule has 4 heteroatoms. The van der Waals surface area contributed by atoms with Gasteiger partial charge in [-0.1, -0.05) is 29.3 Å². The van der Waals surface area contributed by atoms with Crippen molar-refractivity contribution >= 4 is 23.2 Å². The molecule has 1 rings (SSSR count). The predicted octanol–water partition coefficient (Wildman–Crippen LogP) is -1.26. The van der Waals surface area contributed by atoms with Crippen LogP contribution >= 0.6 is 23.2 Å². The molecule has 3 N–H and O–H groups in total. The number of rotatable bonds is 1. The van der Waals surface area contributed by atoms with Crippen LogP contribution in [0.2, 0.25) is 10.0 Å². The van der Waals surface area contributed by atoms with Crippen molar-refractivity contribution in [3.8, 4) is 0 Å². The Balaban J connectivity index is 0.000001000. The summed E-state index contributed by atoms with van der Waals surface area (Å²) in [6.45, 7) is 0.637. The molecular weight excluding hydrogens is 204 g/mol. The topological polar surface area (TPSA) is 27.6 Å². The Morgan fingerprint density at radius 2 is 1.64 bits per heavy atom. The van der Waals surface area contributed by atoms with Gasteiger partial charge in [0, 0.05) is 5.56 Å². The largest absolute Gasteiger partial charge is 1.00 e. The lowest BCUT2D eigenvalue weighted by atomic mass is 10.2. The highest BCUT2D eigenvalue weighted by Crippen LogP contribution is 2.22. The van der Waals surface area contributed by atoms with E-state index in [0.29, 0.717) is 16.6 Å². The molecular formula is C7H8Cl3N. The van der Waals surface area contributed by atoms with Crippen molar-refractivity contribution in [2.45, 2.75) is 6.54 Å². The van der Waals surface area contributed by atoms with Crippen molar-refractivity contribution in [1.29, 1.82) is 0 Å². The summed E-state index contributed by atoms with van der Waals surface area (Å²) in [6.07, 6.45) is 0. The Labute approximate surface area is 81.9 Å². The fraction of sp³-hybridized carbons (Fsp3) is 0.143. The Hall–Kier alpha value is 0.0500. The summed E-state index contributed by atoms with van der Waals surface area (Å²) in [4.78, 5) is 0. The first-order valence-corrected chi connectivity index (χ1v) is 3.73. The van der Waals surface area contributed by atoms with Crippen molar-refractivity contribution < 1.29 is 18.1 Å². The standard InChI is InChI=1S/C7H7Cl2N.ClH/c8-6-2-1-3-7(9)5(6)4-10;/h1-3H,4,10H2;1H. The van der Waals surface area contributed by atoms with E-state index < -0.39 is 0 Å². The van der Waals surface area contributed by atoms with Crippen LogP contribution < -0.4 is 18.1 Å². The molecule has 0 aromatic heterocycles. The van der Waals surface area contributed by atoms with Gasteiger partial charge in [0.2, 0.25) is 0 Å². The molecule has 0 aliphatic rings. The highest BCUT2D eigenvalue weighted by atomic mass is 35.5. The molecule has 0 aliphatic heterocycles. The molecule has 0 aliphatic carbocycles. The van der Waals surface area contributed by atoms with Gasteiger partial charge in [-0.3, -0.25) is 0 Å². The van der Waals surface area contributed by atoms with E-state index in [-0.39, 0.29) is 12.4 Å². The van der Waals surface area contributed by atoms with Gasteiger partial charge in [0.15, 0.2) is 0 Å². The summed E-state index contributed by atoms with van der Waals surface area (Å²) < 4.78 is 0. The fourth-order valence-corrected chi connectivity index (χ4v) is 1.36. The minimum absolute atomic E-state index is 0. The van der Waals surface area contributed by atoms with Gasteiger partial charge < -0.3 is 18.1 Å². The second kappa shape index (κ2) is 4.83. The number of hydrogen-bond acceptors (Lipinski definition) is 0. The third-order valence-electron chi connectivity index (χ3n) is 1.31. The first kappa shape index (κ1) is 11.1. The summed E-state index contributed by atoms with van der Waals surface area (Å²) in [5.74, 6) is 0. The average Bonchev–Trinajstić information content (AvgIpc) is 1.88. The summed E-state index contributed by atoms with van der Waals surface area (Å²) in [7, 11) is 0. The van der Waals surface area contributed by atoms with Crippen molar-refractivity contribution in [3.05, 3.63) is 33.8 Å². The first-order chi connectivity index (χ1) is 4.75. The Morgan fingerprint density at radius 3 is 1.91 bits per heavy atom. The molecule has 62 valence electrons. The Morgan fingerprint density at radius 1 is 1.18 bits per heavy atom. The maximum absolute atomic E-state index is 5.81. The molecule has 0 saturated carbocycles. The highest BCUT2D eigenvalue weighted by molar-refractivity contribution is 6.35. The lowest BCUT2D eigenvalue weighted by Crippen LogP contribution is -3.00. The highest BCUT2D eigenvalue weighted by Gasteiger charge is 2.02. The van der Waals surface area contributed by atoms with E-state index >= 15 is 0 Å². The summed E-state index contributed by atoms with van der Waals surface area (Å²) >= 11 is 11.6. The van der Waals surface area contributed by atoms with Gasteiger partial charge in [0.1, 0.15) is 6.54 Å². The van der Waals surface area contributed by atoms with Gasteiger partial charge in [-0.2, -0.15) is 0 Å². The predicted molar refractivity (Wildman–Crippen MR) is 43.1 cm³/mol. The average molecular weight is 213 g/mol. The van der Waals surface area contributed by atoms with Crippen LogP contribution in [0.25, 0.3) is 0 Å². The number of quaternary nitrogens is 1. The quantitative estimate of drug-likeness (QED) is 0.602. The van der Waals surface area contributed by atoms with Crippen molar-refractivity contribution in [1.82, 2.24) is 0 Å². The molecule has 11 heavy (non-hydrogen) atoms. The normalized spacial score (nSPS) is 9.00. The van der Waals surface area contributed by atoms with Gasteiger partial charge >= 0.3 is 0 Å². The molecule has 1 aromatic rings. The zero-order valence-corrected chi connectivity index (χ0v) is 8.05. The fourth-order valence-electron chi connectivity index (χ4n) is 0.771. The van der Waals surface area contributed by atoms with Crippen LogP contribution in [0.3, 0.4) is 0 Å². The van der Waals surface area contributed by atoms with E-state index in [9.17, 15) is 0 Å². The van der Waals surface area contributed by atoms with Gasteiger partial charge in [0.05, 0.1) is 10.0 Å². The third-order valence-corrected chi connectivity index (χ3v) is 2.02. The van der Waals surface area contributed by atoms with Gasteiger partial charge in [-0.15, -0.1) is 0 Å². The molecule has 0 spiro atoms. The smallest absolute Gasteiger partial charge is 0.103 e. The summed E-state index contributed by atoms with van der Waals surface area (Å²) in [5, 5.41) is 1.39. The molecule has 0 bridgehead atoms. The van der Waals surface area contributed by atoms with E-state index in [2.05, 4.69) is 5.73 Å². The monoisotopic (exact) mass is 211 g/mol. The zero-order chi connectivity index (χ0) is 7.56. The zero-order valence-electron chi connectivity index (χ0n) is 5.78.